The standard InChI is InChI=1S/C14H22O4/c1-7-5-10-9(13(15)16)4-3-8(2)12(10)11(6-7)14(17)18/h7-12H,3-6H2,1-2H3,(H,15,16)(H,17,18). The number of fused-ring (bicyclic) bond motifs is 1. The molecule has 0 saturated heterocycles. The maximum Gasteiger partial charge on any atom is 0.306 e. The first-order valence-corrected chi connectivity index (χ1v) is 6.87. The first kappa shape index (κ1) is 13.4. The van der Waals surface area contributed by atoms with Crippen molar-refractivity contribution in [2.75, 3.05) is 0 Å². The molecule has 0 aromatic heterocycles. The molecule has 0 spiro atoms. The Kier molecular flexibility index (Phi) is 3.64. The van der Waals surface area contributed by atoms with E-state index in [4.69, 9.17) is 0 Å². The van der Waals surface area contributed by atoms with Crippen molar-refractivity contribution in [3.05, 3.63) is 0 Å². The van der Waals surface area contributed by atoms with E-state index in [2.05, 4.69) is 6.92 Å². The molecule has 0 aromatic rings. The molecule has 6 unspecified atom stereocenters. The van der Waals surface area contributed by atoms with Crippen molar-refractivity contribution in [2.24, 2.45) is 35.5 Å². The molecule has 0 radical (unpaired) electrons. The average Bonchev–Trinajstić information content (AvgIpc) is 2.27. The third-order valence-electron chi connectivity index (χ3n) is 5.03. The largest absolute Gasteiger partial charge is 0.481 e. The minimum atomic E-state index is -0.741. The van der Waals surface area contributed by atoms with Gasteiger partial charge < -0.3 is 10.2 Å². The summed E-state index contributed by atoms with van der Waals surface area (Å²) in [5, 5.41) is 18.7. The van der Waals surface area contributed by atoms with Gasteiger partial charge in [0.15, 0.2) is 0 Å². The van der Waals surface area contributed by atoms with E-state index < -0.39 is 11.9 Å². The molecule has 0 heterocycles. The van der Waals surface area contributed by atoms with Gasteiger partial charge in [0.05, 0.1) is 11.8 Å². The highest BCUT2D eigenvalue weighted by molar-refractivity contribution is 5.73. The Morgan fingerprint density at radius 1 is 0.944 bits per heavy atom. The predicted molar refractivity (Wildman–Crippen MR) is 66.0 cm³/mol. The van der Waals surface area contributed by atoms with Gasteiger partial charge in [-0.15, -0.1) is 0 Å². The molecule has 2 aliphatic rings. The zero-order chi connectivity index (χ0) is 13.4. The van der Waals surface area contributed by atoms with E-state index in [9.17, 15) is 19.8 Å². The first-order valence-electron chi connectivity index (χ1n) is 6.87. The minimum absolute atomic E-state index is 0.0496. The molecule has 102 valence electrons. The monoisotopic (exact) mass is 254 g/mol. The second-order valence-corrected chi connectivity index (χ2v) is 6.26. The smallest absolute Gasteiger partial charge is 0.306 e. The van der Waals surface area contributed by atoms with E-state index >= 15 is 0 Å². The van der Waals surface area contributed by atoms with Crippen LogP contribution in [0.25, 0.3) is 0 Å². The van der Waals surface area contributed by atoms with Crippen molar-refractivity contribution in [1.29, 1.82) is 0 Å². The van der Waals surface area contributed by atoms with Crippen LogP contribution in [0.2, 0.25) is 0 Å². The zero-order valence-corrected chi connectivity index (χ0v) is 11.0. The van der Waals surface area contributed by atoms with Gasteiger partial charge in [-0.1, -0.05) is 13.8 Å². The maximum atomic E-state index is 11.4. The van der Waals surface area contributed by atoms with Gasteiger partial charge in [0.25, 0.3) is 0 Å². The Morgan fingerprint density at radius 2 is 1.56 bits per heavy atom. The zero-order valence-electron chi connectivity index (χ0n) is 11.0. The highest BCUT2D eigenvalue weighted by Gasteiger charge is 2.49. The minimum Gasteiger partial charge on any atom is -0.481 e. The van der Waals surface area contributed by atoms with E-state index in [-0.39, 0.29) is 23.7 Å². The van der Waals surface area contributed by atoms with Crippen LogP contribution in [0.4, 0.5) is 0 Å². The second kappa shape index (κ2) is 4.90. The van der Waals surface area contributed by atoms with Crippen LogP contribution in [0.5, 0.6) is 0 Å². The van der Waals surface area contributed by atoms with Crippen molar-refractivity contribution < 1.29 is 19.8 Å². The average molecular weight is 254 g/mol. The lowest BCUT2D eigenvalue weighted by Gasteiger charge is -2.48. The van der Waals surface area contributed by atoms with Crippen LogP contribution < -0.4 is 0 Å². The molecule has 2 saturated carbocycles. The fraction of sp³-hybridized carbons (Fsp3) is 0.857. The summed E-state index contributed by atoms with van der Waals surface area (Å²) in [4.78, 5) is 22.8. The van der Waals surface area contributed by atoms with E-state index in [1.165, 1.54) is 0 Å². The lowest BCUT2D eigenvalue weighted by atomic mass is 9.56. The fourth-order valence-corrected chi connectivity index (χ4v) is 4.28. The summed E-state index contributed by atoms with van der Waals surface area (Å²) < 4.78 is 0. The normalized spacial score (nSPS) is 44.1. The van der Waals surface area contributed by atoms with Crippen molar-refractivity contribution in [3.63, 3.8) is 0 Å². The van der Waals surface area contributed by atoms with Crippen LogP contribution in [0.15, 0.2) is 0 Å². The van der Waals surface area contributed by atoms with Gasteiger partial charge in [-0.25, -0.2) is 0 Å². The third kappa shape index (κ3) is 2.25. The van der Waals surface area contributed by atoms with Gasteiger partial charge in [0, 0.05) is 0 Å². The molecule has 0 aromatic carbocycles. The van der Waals surface area contributed by atoms with Gasteiger partial charge in [-0.3, -0.25) is 9.59 Å². The summed E-state index contributed by atoms with van der Waals surface area (Å²) in [7, 11) is 0. The summed E-state index contributed by atoms with van der Waals surface area (Å²) in [5.41, 5.74) is 0. The van der Waals surface area contributed by atoms with Crippen LogP contribution in [0.1, 0.15) is 39.5 Å². The molecule has 6 atom stereocenters. The van der Waals surface area contributed by atoms with E-state index in [1.54, 1.807) is 0 Å². The Hall–Kier alpha value is -1.06. The lowest BCUT2D eigenvalue weighted by Crippen LogP contribution is -2.47. The second-order valence-electron chi connectivity index (χ2n) is 6.26. The molecular formula is C14H22O4. The molecular weight excluding hydrogens is 232 g/mol. The molecule has 2 N–H and O–H groups in total. The molecule has 2 fully saturated rings. The number of carboxylic acids is 2. The summed E-state index contributed by atoms with van der Waals surface area (Å²) in [5.74, 6) is -1.42. The number of rotatable bonds is 2. The third-order valence-corrected chi connectivity index (χ3v) is 5.03. The summed E-state index contributed by atoms with van der Waals surface area (Å²) in [6.45, 7) is 4.13. The number of hydrogen-bond donors (Lipinski definition) is 2. The Morgan fingerprint density at radius 3 is 2.11 bits per heavy atom. The molecule has 18 heavy (non-hydrogen) atoms. The lowest BCUT2D eigenvalue weighted by molar-refractivity contribution is -0.158. The Bertz CT molecular complexity index is 352. The van der Waals surface area contributed by atoms with Crippen LogP contribution in [0, 0.1) is 35.5 Å². The highest BCUT2D eigenvalue weighted by atomic mass is 16.4. The first-order chi connectivity index (χ1) is 8.41. The molecule has 0 bridgehead atoms. The number of hydrogen-bond acceptors (Lipinski definition) is 2. The van der Waals surface area contributed by atoms with Crippen molar-refractivity contribution in [3.8, 4) is 0 Å². The summed E-state index contributed by atoms with van der Waals surface area (Å²) >= 11 is 0. The fourth-order valence-electron chi connectivity index (χ4n) is 4.28. The van der Waals surface area contributed by atoms with Gasteiger partial charge in [0.2, 0.25) is 0 Å². The number of aliphatic carboxylic acids is 2. The van der Waals surface area contributed by atoms with Gasteiger partial charge in [0.1, 0.15) is 0 Å². The van der Waals surface area contributed by atoms with Crippen molar-refractivity contribution in [2.45, 2.75) is 39.5 Å². The van der Waals surface area contributed by atoms with Crippen molar-refractivity contribution >= 4 is 11.9 Å². The maximum absolute atomic E-state index is 11.4. The van der Waals surface area contributed by atoms with Gasteiger partial charge in [-0.2, -0.15) is 0 Å². The molecule has 0 amide bonds. The van der Waals surface area contributed by atoms with Crippen LogP contribution >= 0.6 is 0 Å². The van der Waals surface area contributed by atoms with Crippen LogP contribution in [-0.4, -0.2) is 22.2 Å². The number of carboxylic acid groups (broad SMARTS) is 2. The SMILES string of the molecule is CC1CC(C(=O)O)C2C(C)CCC(C(=O)O)C2C1. The van der Waals surface area contributed by atoms with Gasteiger partial charge >= 0.3 is 11.9 Å². The predicted octanol–water partition coefficient (Wildman–Crippen LogP) is 2.48. The molecule has 2 rings (SSSR count). The van der Waals surface area contributed by atoms with E-state index in [0.29, 0.717) is 24.7 Å². The quantitative estimate of drug-likeness (QED) is 0.794. The highest BCUT2D eigenvalue weighted by Crippen LogP contribution is 2.50. The Labute approximate surface area is 107 Å². The molecule has 4 nitrogen and oxygen atoms in total. The summed E-state index contributed by atoms with van der Waals surface area (Å²) in [6, 6.07) is 0. The van der Waals surface area contributed by atoms with Crippen LogP contribution in [0.3, 0.4) is 0 Å². The van der Waals surface area contributed by atoms with Crippen LogP contribution in [-0.2, 0) is 9.59 Å². The van der Waals surface area contributed by atoms with Gasteiger partial charge in [-0.05, 0) is 49.4 Å². The molecule has 2 aliphatic carbocycles. The molecule has 0 aliphatic heterocycles. The van der Waals surface area contributed by atoms with E-state index in [1.807, 2.05) is 6.92 Å². The topological polar surface area (TPSA) is 74.6 Å². The summed E-state index contributed by atoms with van der Waals surface area (Å²) in [6.07, 6.45) is 3.12. The Balaban J connectivity index is 2.29. The number of carbonyl (C=O) groups is 2. The molecule has 4 heteroatoms. The van der Waals surface area contributed by atoms with E-state index in [0.717, 1.165) is 12.8 Å². The van der Waals surface area contributed by atoms with Crippen molar-refractivity contribution in [1.82, 2.24) is 0 Å².